The summed E-state index contributed by atoms with van der Waals surface area (Å²) in [5, 5.41) is 0. The highest BCUT2D eigenvalue weighted by molar-refractivity contribution is 5.89. The van der Waals surface area contributed by atoms with Crippen molar-refractivity contribution in [3.05, 3.63) is 108 Å². The van der Waals surface area contributed by atoms with E-state index < -0.39 is 30.9 Å². The third-order valence-corrected chi connectivity index (χ3v) is 5.74. The smallest absolute Gasteiger partial charge is 0.198 e. The molecule has 2 fully saturated rings. The Labute approximate surface area is 193 Å². The SMILES string of the molecule is O=C1C(OCc2ccccc2)[C@@H](OCc2ccccc2)OC2COC(c3ccccc3)O[C@@H]12. The van der Waals surface area contributed by atoms with E-state index in [0.29, 0.717) is 6.61 Å². The van der Waals surface area contributed by atoms with Crippen LogP contribution in [0.1, 0.15) is 23.0 Å². The molecule has 0 N–H and O–H groups in total. The second-order valence-corrected chi connectivity index (χ2v) is 8.09. The van der Waals surface area contributed by atoms with Gasteiger partial charge in [0, 0.05) is 5.56 Å². The van der Waals surface area contributed by atoms with E-state index >= 15 is 0 Å². The Balaban J connectivity index is 1.32. The Morgan fingerprint density at radius 1 is 0.727 bits per heavy atom. The largest absolute Gasteiger partial charge is 0.360 e. The number of hydrogen-bond donors (Lipinski definition) is 0. The molecule has 3 aromatic carbocycles. The van der Waals surface area contributed by atoms with Gasteiger partial charge in [0.05, 0.1) is 19.8 Å². The van der Waals surface area contributed by atoms with Gasteiger partial charge in [-0.1, -0.05) is 91.0 Å². The van der Waals surface area contributed by atoms with E-state index in [1.807, 2.05) is 91.0 Å². The molecule has 0 aromatic heterocycles. The lowest BCUT2D eigenvalue weighted by Crippen LogP contribution is -2.60. The van der Waals surface area contributed by atoms with E-state index in [1.165, 1.54) is 0 Å². The summed E-state index contributed by atoms with van der Waals surface area (Å²) in [4.78, 5) is 13.5. The van der Waals surface area contributed by atoms with Gasteiger partial charge in [-0.3, -0.25) is 4.79 Å². The lowest BCUT2D eigenvalue weighted by Gasteiger charge is -2.43. The summed E-state index contributed by atoms with van der Waals surface area (Å²) in [6, 6.07) is 29.0. The van der Waals surface area contributed by atoms with Crippen molar-refractivity contribution in [2.45, 2.75) is 44.1 Å². The van der Waals surface area contributed by atoms with Crippen LogP contribution in [0.5, 0.6) is 0 Å². The molecule has 170 valence electrons. The molecule has 0 bridgehead atoms. The molecule has 0 amide bonds. The number of rotatable bonds is 7. The molecule has 6 heteroatoms. The minimum atomic E-state index is -0.912. The number of fused-ring (bicyclic) bond motifs is 1. The van der Waals surface area contributed by atoms with Crippen LogP contribution >= 0.6 is 0 Å². The van der Waals surface area contributed by atoms with Crippen LogP contribution in [0, 0.1) is 0 Å². The fraction of sp³-hybridized carbons (Fsp3) is 0.296. The third kappa shape index (κ3) is 5.21. The molecule has 6 nitrogen and oxygen atoms in total. The highest BCUT2D eigenvalue weighted by atomic mass is 16.8. The molecule has 0 saturated carbocycles. The molecule has 2 heterocycles. The van der Waals surface area contributed by atoms with Crippen molar-refractivity contribution in [2.24, 2.45) is 0 Å². The molecular formula is C27H26O6. The monoisotopic (exact) mass is 446 g/mol. The summed E-state index contributed by atoms with van der Waals surface area (Å²) < 4.78 is 30.1. The molecule has 3 aromatic rings. The van der Waals surface area contributed by atoms with Gasteiger partial charge in [-0.2, -0.15) is 0 Å². The molecule has 5 atom stereocenters. The number of benzene rings is 3. The van der Waals surface area contributed by atoms with Gasteiger partial charge < -0.3 is 23.7 Å². The van der Waals surface area contributed by atoms with Gasteiger partial charge >= 0.3 is 0 Å². The number of ether oxygens (including phenoxy) is 5. The lowest BCUT2D eigenvalue weighted by molar-refractivity contribution is -0.323. The topological polar surface area (TPSA) is 63.2 Å². The normalized spacial score (nSPS) is 27.2. The van der Waals surface area contributed by atoms with E-state index in [9.17, 15) is 4.79 Å². The Morgan fingerprint density at radius 2 is 1.30 bits per heavy atom. The van der Waals surface area contributed by atoms with Gasteiger partial charge in [0.25, 0.3) is 0 Å². The minimum Gasteiger partial charge on any atom is -0.360 e. The van der Waals surface area contributed by atoms with Crippen molar-refractivity contribution in [1.82, 2.24) is 0 Å². The summed E-state index contributed by atoms with van der Waals surface area (Å²) in [5.74, 6) is -0.190. The van der Waals surface area contributed by atoms with E-state index in [2.05, 4.69) is 0 Å². The van der Waals surface area contributed by atoms with Crippen LogP contribution in [0.2, 0.25) is 0 Å². The van der Waals surface area contributed by atoms with Gasteiger partial charge in [0.15, 0.2) is 30.6 Å². The van der Waals surface area contributed by atoms with Crippen LogP contribution in [-0.4, -0.2) is 37.0 Å². The van der Waals surface area contributed by atoms with E-state index in [0.717, 1.165) is 16.7 Å². The first-order valence-corrected chi connectivity index (χ1v) is 11.1. The van der Waals surface area contributed by atoms with Crippen molar-refractivity contribution in [3.63, 3.8) is 0 Å². The van der Waals surface area contributed by atoms with Crippen molar-refractivity contribution < 1.29 is 28.5 Å². The van der Waals surface area contributed by atoms with Crippen molar-refractivity contribution in [2.75, 3.05) is 6.61 Å². The maximum absolute atomic E-state index is 13.5. The Morgan fingerprint density at radius 3 is 1.94 bits per heavy atom. The first-order chi connectivity index (χ1) is 16.3. The van der Waals surface area contributed by atoms with Gasteiger partial charge in [0.2, 0.25) is 0 Å². The summed E-state index contributed by atoms with van der Waals surface area (Å²) >= 11 is 0. The molecule has 33 heavy (non-hydrogen) atoms. The van der Waals surface area contributed by atoms with E-state index in [-0.39, 0.29) is 19.0 Å². The van der Waals surface area contributed by atoms with Gasteiger partial charge in [0.1, 0.15) is 6.10 Å². The standard InChI is InChI=1S/C27H26O6/c28-23-24-22(18-31-26(33-24)21-14-8-3-9-15-21)32-27(30-17-20-12-6-2-7-13-20)25(23)29-16-19-10-4-1-5-11-19/h1-15,22,24-27H,16-18H2/t22?,24-,25?,26?,27+/m1/s1. The number of hydrogen-bond acceptors (Lipinski definition) is 6. The average molecular weight is 446 g/mol. The van der Waals surface area contributed by atoms with Crippen molar-refractivity contribution in [3.8, 4) is 0 Å². The zero-order chi connectivity index (χ0) is 22.5. The molecule has 3 unspecified atom stereocenters. The van der Waals surface area contributed by atoms with Crippen LogP contribution < -0.4 is 0 Å². The predicted octanol–water partition coefficient (Wildman–Crippen LogP) is 4.20. The maximum Gasteiger partial charge on any atom is 0.198 e. The molecular weight excluding hydrogens is 420 g/mol. The molecule has 0 radical (unpaired) electrons. The number of carbonyl (C=O) groups is 1. The molecule has 2 saturated heterocycles. The van der Waals surface area contributed by atoms with E-state index in [1.54, 1.807) is 0 Å². The second-order valence-electron chi connectivity index (χ2n) is 8.09. The summed E-state index contributed by atoms with van der Waals surface area (Å²) in [6.45, 7) is 0.796. The summed E-state index contributed by atoms with van der Waals surface area (Å²) in [6.07, 6.45) is -3.75. The number of carbonyl (C=O) groups excluding carboxylic acids is 1. The van der Waals surface area contributed by atoms with Crippen LogP contribution in [0.3, 0.4) is 0 Å². The Kier molecular flexibility index (Phi) is 6.90. The van der Waals surface area contributed by atoms with Crippen LogP contribution in [0.25, 0.3) is 0 Å². The summed E-state index contributed by atoms with van der Waals surface area (Å²) in [5.41, 5.74) is 2.80. The number of Topliss-reactive ketones (excluding diaryl/α,β-unsaturated/α-hetero) is 1. The van der Waals surface area contributed by atoms with Crippen LogP contribution in [0.4, 0.5) is 0 Å². The van der Waals surface area contributed by atoms with Crippen molar-refractivity contribution >= 4 is 5.78 Å². The number of ketones is 1. The fourth-order valence-electron chi connectivity index (χ4n) is 4.02. The fourth-order valence-corrected chi connectivity index (χ4v) is 4.02. The maximum atomic E-state index is 13.5. The Hall–Kier alpha value is -2.87. The van der Waals surface area contributed by atoms with Crippen LogP contribution in [-0.2, 0) is 41.7 Å². The molecule has 0 aliphatic carbocycles. The first-order valence-electron chi connectivity index (χ1n) is 11.1. The molecule has 5 rings (SSSR count). The van der Waals surface area contributed by atoms with Gasteiger partial charge in [-0.15, -0.1) is 0 Å². The second kappa shape index (κ2) is 10.4. The highest BCUT2D eigenvalue weighted by Crippen LogP contribution is 2.34. The Bertz CT molecular complexity index is 1030. The van der Waals surface area contributed by atoms with Crippen LogP contribution in [0.15, 0.2) is 91.0 Å². The molecule has 2 aliphatic heterocycles. The zero-order valence-corrected chi connectivity index (χ0v) is 18.1. The summed E-state index contributed by atoms with van der Waals surface area (Å²) in [7, 11) is 0. The van der Waals surface area contributed by atoms with Crippen molar-refractivity contribution in [1.29, 1.82) is 0 Å². The quantitative estimate of drug-likeness (QED) is 0.542. The molecule has 2 aliphatic rings. The average Bonchev–Trinajstić information content (AvgIpc) is 2.88. The van der Waals surface area contributed by atoms with E-state index in [4.69, 9.17) is 23.7 Å². The zero-order valence-electron chi connectivity index (χ0n) is 18.1. The lowest BCUT2D eigenvalue weighted by atomic mass is 9.99. The first kappa shape index (κ1) is 21.9. The van der Waals surface area contributed by atoms with Gasteiger partial charge in [-0.05, 0) is 11.1 Å². The minimum absolute atomic E-state index is 0.190. The van der Waals surface area contributed by atoms with Gasteiger partial charge in [-0.25, -0.2) is 0 Å². The molecule has 0 spiro atoms. The highest BCUT2D eigenvalue weighted by Gasteiger charge is 2.50. The third-order valence-electron chi connectivity index (χ3n) is 5.74. The predicted molar refractivity (Wildman–Crippen MR) is 120 cm³/mol.